The van der Waals surface area contributed by atoms with Crippen LogP contribution in [0.25, 0.3) is 11.4 Å². The van der Waals surface area contributed by atoms with Gasteiger partial charge in [0.25, 0.3) is 5.69 Å². The monoisotopic (exact) mass is 420 g/mol. The number of rotatable bonds is 6. The van der Waals surface area contributed by atoms with Crippen molar-refractivity contribution in [3.63, 3.8) is 0 Å². The zero-order valence-corrected chi connectivity index (χ0v) is 17.2. The third-order valence-electron chi connectivity index (χ3n) is 5.84. The Morgan fingerprint density at radius 2 is 1.81 bits per heavy atom. The van der Waals surface area contributed by atoms with Crippen LogP contribution in [0.3, 0.4) is 0 Å². The molecule has 3 heterocycles. The van der Waals surface area contributed by atoms with Crippen LogP contribution in [-0.2, 0) is 19.6 Å². The second-order valence-electron chi connectivity index (χ2n) is 7.99. The Balaban J connectivity index is 1.14. The van der Waals surface area contributed by atoms with Gasteiger partial charge in [-0.3, -0.25) is 19.9 Å². The predicted molar refractivity (Wildman–Crippen MR) is 115 cm³/mol. The summed E-state index contributed by atoms with van der Waals surface area (Å²) in [5, 5.41) is 15.3. The summed E-state index contributed by atoms with van der Waals surface area (Å²) in [5.74, 6) is 1.61. The summed E-state index contributed by atoms with van der Waals surface area (Å²) in [5.41, 5.74) is 3.51. The summed E-state index contributed by atoms with van der Waals surface area (Å²) >= 11 is 0. The summed E-state index contributed by atoms with van der Waals surface area (Å²) < 4.78 is 7.42. The van der Waals surface area contributed by atoms with Crippen LogP contribution < -0.4 is 4.74 Å². The molecule has 3 aromatic rings. The maximum atomic E-state index is 10.8. The van der Waals surface area contributed by atoms with Gasteiger partial charge in [0.05, 0.1) is 18.2 Å². The van der Waals surface area contributed by atoms with E-state index < -0.39 is 4.92 Å². The highest BCUT2D eigenvalue weighted by atomic mass is 16.6. The fraction of sp³-hybridized carbons (Fsp3) is 0.364. The molecule has 1 aromatic heterocycles. The van der Waals surface area contributed by atoms with Crippen LogP contribution in [-0.4, -0.2) is 62.3 Å². The molecule has 0 N–H and O–H groups in total. The molecule has 31 heavy (non-hydrogen) atoms. The Morgan fingerprint density at radius 3 is 2.58 bits per heavy atom. The minimum Gasteiger partial charge on any atom is -0.493 e. The Bertz CT molecular complexity index is 1070. The van der Waals surface area contributed by atoms with Crippen LogP contribution >= 0.6 is 0 Å². The molecule has 1 saturated heterocycles. The molecule has 1 fully saturated rings. The molecule has 0 atom stereocenters. The second-order valence-corrected chi connectivity index (χ2v) is 7.99. The van der Waals surface area contributed by atoms with Gasteiger partial charge in [-0.1, -0.05) is 12.1 Å². The van der Waals surface area contributed by atoms with E-state index in [2.05, 4.69) is 38.1 Å². The van der Waals surface area contributed by atoms with Gasteiger partial charge < -0.3 is 4.74 Å². The van der Waals surface area contributed by atoms with E-state index in [1.807, 2.05) is 4.68 Å². The largest absolute Gasteiger partial charge is 0.493 e. The minimum absolute atomic E-state index is 0.0641. The van der Waals surface area contributed by atoms with Crippen molar-refractivity contribution >= 4 is 5.69 Å². The number of hydrogen-bond donors (Lipinski definition) is 0. The summed E-state index contributed by atoms with van der Waals surface area (Å²) in [6, 6.07) is 12.9. The van der Waals surface area contributed by atoms with Gasteiger partial charge in [0.1, 0.15) is 12.1 Å². The number of piperazine rings is 1. The third-order valence-corrected chi connectivity index (χ3v) is 5.84. The maximum Gasteiger partial charge on any atom is 0.269 e. The van der Waals surface area contributed by atoms with Crippen LogP contribution in [0.2, 0.25) is 0 Å². The lowest BCUT2D eigenvalue weighted by Gasteiger charge is -2.34. The van der Waals surface area contributed by atoms with Crippen molar-refractivity contribution in [2.24, 2.45) is 0 Å². The van der Waals surface area contributed by atoms with Gasteiger partial charge in [-0.2, -0.15) is 0 Å². The molecule has 0 saturated carbocycles. The van der Waals surface area contributed by atoms with Crippen molar-refractivity contribution < 1.29 is 9.66 Å². The molecular formula is C22H24N6O3. The Hall–Kier alpha value is -3.30. The van der Waals surface area contributed by atoms with Crippen molar-refractivity contribution in [1.82, 2.24) is 24.6 Å². The van der Waals surface area contributed by atoms with Crippen molar-refractivity contribution in [3.8, 4) is 17.1 Å². The molecule has 2 aromatic carbocycles. The van der Waals surface area contributed by atoms with E-state index in [0.717, 1.165) is 57.1 Å². The normalized spacial score (nSPS) is 16.8. The second kappa shape index (κ2) is 8.44. The summed E-state index contributed by atoms with van der Waals surface area (Å²) in [7, 11) is 0. The Labute approximate surface area is 180 Å². The van der Waals surface area contributed by atoms with E-state index in [9.17, 15) is 10.1 Å². The first-order valence-corrected chi connectivity index (χ1v) is 10.5. The summed E-state index contributed by atoms with van der Waals surface area (Å²) in [6.45, 7) is 6.42. The fourth-order valence-electron chi connectivity index (χ4n) is 4.12. The SMILES string of the molecule is O=[N+]([O-])c1ccc(-c2ncn(CN3CCN(Cc4ccc5c(c4)CCO5)CC3)n2)cc1. The van der Waals surface area contributed by atoms with E-state index >= 15 is 0 Å². The molecule has 9 nitrogen and oxygen atoms in total. The van der Waals surface area contributed by atoms with Crippen LogP contribution in [0.5, 0.6) is 5.75 Å². The first-order valence-electron chi connectivity index (χ1n) is 10.5. The van der Waals surface area contributed by atoms with E-state index in [-0.39, 0.29) is 5.69 Å². The number of non-ortho nitro benzene ring substituents is 1. The first kappa shape index (κ1) is 19.7. The van der Waals surface area contributed by atoms with Crippen LogP contribution in [0, 0.1) is 10.1 Å². The maximum absolute atomic E-state index is 10.8. The zero-order valence-electron chi connectivity index (χ0n) is 17.2. The lowest BCUT2D eigenvalue weighted by molar-refractivity contribution is -0.384. The number of fused-ring (bicyclic) bond motifs is 1. The lowest BCUT2D eigenvalue weighted by atomic mass is 10.1. The topological polar surface area (TPSA) is 89.6 Å². The predicted octanol–water partition coefficient (Wildman–Crippen LogP) is 2.56. The fourth-order valence-corrected chi connectivity index (χ4v) is 4.12. The van der Waals surface area contributed by atoms with Crippen molar-refractivity contribution in [2.75, 3.05) is 32.8 Å². The van der Waals surface area contributed by atoms with Crippen molar-refractivity contribution in [1.29, 1.82) is 0 Å². The molecule has 0 spiro atoms. The van der Waals surface area contributed by atoms with Gasteiger partial charge in [-0.05, 0) is 29.3 Å². The van der Waals surface area contributed by atoms with E-state index in [0.29, 0.717) is 12.5 Å². The number of hydrogen-bond acceptors (Lipinski definition) is 7. The molecule has 2 aliphatic rings. The Morgan fingerprint density at radius 1 is 1.03 bits per heavy atom. The molecule has 9 heteroatoms. The van der Waals surface area contributed by atoms with Crippen molar-refractivity contribution in [3.05, 3.63) is 70.0 Å². The van der Waals surface area contributed by atoms with Crippen LogP contribution in [0.15, 0.2) is 48.8 Å². The number of aromatic nitrogens is 3. The first-order chi connectivity index (χ1) is 15.1. The van der Waals surface area contributed by atoms with Crippen molar-refractivity contribution in [2.45, 2.75) is 19.6 Å². The standard InChI is InChI=1S/C22H24N6O3/c29-28(30)20-4-2-18(3-5-20)22-23-15-27(24-22)16-26-10-8-25(9-11-26)14-17-1-6-21-19(13-17)7-12-31-21/h1-6,13,15H,7-12,14,16H2. The smallest absolute Gasteiger partial charge is 0.269 e. The summed E-state index contributed by atoms with van der Waals surface area (Å²) in [6.07, 6.45) is 2.73. The molecule has 5 rings (SSSR count). The third kappa shape index (κ3) is 4.42. The molecule has 0 aliphatic carbocycles. The molecule has 160 valence electrons. The van der Waals surface area contributed by atoms with E-state index in [1.165, 1.54) is 23.3 Å². The number of ether oxygens (including phenoxy) is 1. The lowest BCUT2D eigenvalue weighted by Crippen LogP contribution is -2.46. The molecular weight excluding hydrogens is 396 g/mol. The molecule has 0 unspecified atom stereocenters. The highest BCUT2D eigenvalue weighted by Gasteiger charge is 2.19. The zero-order chi connectivity index (χ0) is 21.2. The van der Waals surface area contributed by atoms with Gasteiger partial charge in [0.15, 0.2) is 5.82 Å². The average Bonchev–Trinajstić information content (AvgIpc) is 3.44. The molecule has 0 bridgehead atoms. The molecule has 0 radical (unpaired) electrons. The Kier molecular flexibility index (Phi) is 5.35. The molecule has 0 amide bonds. The minimum atomic E-state index is -0.409. The van der Waals surface area contributed by atoms with Crippen LogP contribution in [0.1, 0.15) is 11.1 Å². The summed E-state index contributed by atoms with van der Waals surface area (Å²) in [4.78, 5) is 19.6. The van der Waals surface area contributed by atoms with Gasteiger partial charge in [-0.25, -0.2) is 9.67 Å². The highest BCUT2D eigenvalue weighted by molar-refractivity contribution is 5.56. The average molecular weight is 420 g/mol. The number of benzene rings is 2. The highest BCUT2D eigenvalue weighted by Crippen LogP contribution is 2.26. The van der Waals surface area contributed by atoms with Gasteiger partial charge in [0.2, 0.25) is 0 Å². The molecule has 2 aliphatic heterocycles. The van der Waals surface area contributed by atoms with Crippen LogP contribution in [0.4, 0.5) is 5.69 Å². The van der Waals surface area contributed by atoms with Gasteiger partial charge in [0, 0.05) is 56.8 Å². The number of nitro groups is 1. The number of nitro benzene ring substituents is 1. The number of nitrogens with zero attached hydrogens (tertiary/aromatic N) is 6. The van der Waals surface area contributed by atoms with Gasteiger partial charge in [-0.15, -0.1) is 5.10 Å². The van der Waals surface area contributed by atoms with E-state index in [1.54, 1.807) is 18.5 Å². The van der Waals surface area contributed by atoms with E-state index in [4.69, 9.17) is 4.74 Å². The van der Waals surface area contributed by atoms with Gasteiger partial charge >= 0.3 is 0 Å². The quantitative estimate of drug-likeness (QED) is 0.447.